The van der Waals surface area contributed by atoms with Crippen LogP contribution in [0.3, 0.4) is 0 Å². The fraction of sp³-hybridized carbons (Fsp3) is 0.429. The minimum absolute atomic E-state index is 0.0589. The van der Waals surface area contributed by atoms with Crippen LogP contribution in [0.1, 0.15) is 5.56 Å². The largest absolute Gasteiger partial charge is 0.497 e. The van der Waals surface area contributed by atoms with E-state index in [4.69, 9.17) is 4.74 Å². The number of nitrogens with one attached hydrogen (secondary N) is 3. The molecule has 0 heterocycles. The third-order valence-electron chi connectivity index (χ3n) is 2.80. The summed E-state index contributed by atoms with van der Waals surface area (Å²) in [4.78, 5) is 23.5. The summed E-state index contributed by atoms with van der Waals surface area (Å²) in [5, 5.41) is 3.43. The van der Waals surface area contributed by atoms with E-state index in [1.165, 1.54) is 0 Å². The molecule has 0 aliphatic carbocycles. The van der Waals surface area contributed by atoms with Gasteiger partial charge in [-0.2, -0.15) is 13.2 Å². The Morgan fingerprint density at radius 2 is 2.00 bits per heavy atom. The van der Waals surface area contributed by atoms with Crippen LogP contribution < -0.4 is 20.3 Å². The number of rotatable bonds is 6. The van der Waals surface area contributed by atoms with E-state index in [1.54, 1.807) is 25.5 Å². The van der Waals surface area contributed by atoms with Gasteiger partial charge in [-0.1, -0.05) is 12.1 Å². The van der Waals surface area contributed by atoms with Gasteiger partial charge in [0.1, 0.15) is 18.8 Å². The van der Waals surface area contributed by atoms with Crippen molar-refractivity contribution >= 4 is 11.9 Å². The lowest BCUT2D eigenvalue weighted by atomic mass is 10.2. The highest BCUT2D eigenvalue weighted by Crippen LogP contribution is 2.12. The number of methoxy groups -OCH3 is 1. The summed E-state index contributed by atoms with van der Waals surface area (Å²) in [7, 11) is 3.27. The quantitative estimate of drug-likeness (QED) is 0.691. The standard InChI is InChI=1S/C14H18F3N3O3/c1-20(7-10-4-3-5-11(6-10)23-2)8-12(21)19-13(22)18-9-14(15,16)17/h3-6H,7-9H2,1-2H3,(H2,18,19,21,22)/p+1. The van der Waals surface area contributed by atoms with Crippen molar-refractivity contribution in [1.82, 2.24) is 10.6 Å². The fourth-order valence-corrected chi connectivity index (χ4v) is 1.86. The zero-order chi connectivity index (χ0) is 17.5. The van der Waals surface area contributed by atoms with Gasteiger partial charge in [-0.25, -0.2) is 4.79 Å². The van der Waals surface area contributed by atoms with E-state index in [-0.39, 0.29) is 6.54 Å². The maximum atomic E-state index is 11.9. The highest BCUT2D eigenvalue weighted by molar-refractivity contribution is 5.94. The van der Waals surface area contributed by atoms with E-state index in [2.05, 4.69) is 0 Å². The van der Waals surface area contributed by atoms with Gasteiger partial charge in [0.05, 0.1) is 14.2 Å². The highest BCUT2D eigenvalue weighted by atomic mass is 19.4. The second-order valence-electron chi connectivity index (χ2n) is 5.01. The van der Waals surface area contributed by atoms with Crippen molar-refractivity contribution in [2.45, 2.75) is 12.7 Å². The van der Waals surface area contributed by atoms with Crippen LogP contribution in [0, 0.1) is 0 Å². The van der Waals surface area contributed by atoms with Crippen LogP contribution >= 0.6 is 0 Å². The smallest absolute Gasteiger partial charge is 0.405 e. The normalized spacial score (nSPS) is 12.4. The Bertz CT molecular complexity index is 550. The van der Waals surface area contributed by atoms with Gasteiger partial charge in [-0.05, 0) is 12.1 Å². The zero-order valence-electron chi connectivity index (χ0n) is 12.8. The molecule has 1 unspecified atom stereocenters. The van der Waals surface area contributed by atoms with Crippen LogP contribution in [0.25, 0.3) is 0 Å². The molecule has 23 heavy (non-hydrogen) atoms. The van der Waals surface area contributed by atoms with Gasteiger partial charge in [0.25, 0.3) is 5.91 Å². The summed E-state index contributed by atoms with van der Waals surface area (Å²) < 4.78 is 40.9. The molecule has 1 aromatic rings. The fourth-order valence-electron chi connectivity index (χ4n) is 1.86. The molecular formula is C14H19F3N3O3+. The number of carbonyl (C=O) groups excluding carboxylic acids is 2. The van der Waals surface area contributed by atoms with Crippen LogP contribution in [0.2, 0.25) is 0 Å². The van der Waals surface area contributed by atoms with E-state index >= 15 is 0 Å². The molecule has 0 aliphatic rings. The van der Waals surface area contributed by atoms with E-state index in [9.17, 15) is 22.8 Å². The molecule has 0 fully saturated rings. The summed E-state index contributed by atoms with van der Waals surface area (Å²) in [6, 6.07) is 6.11. The Balaban J connectivity index is 2.39. The number of imide groups is 1. The Morgan fingerprint density at radius 3 is 2.61 bits per heavy atom. The van der Waals surface area contributed by atoms with E-state index < -0.39 is 24.7 Å². The highest BCUT2D eigenvalue weighted by Gasteiger charge is 2.28. The molecule has 1 atom stereocenters. The van der Waals surface area contributed by atoms with Crippen LogP contribution in [-0.2, 0) is 11.3 Å². The van der Waals surface area contributed by atoms with Gasteiger partial charge in [-0.15, -0.1) is 0 Å². The number of alkyl halides is 3. The van der Waals surface area contributed by atoms with Crippen LogP contribution in [0.5, 0.6) is 5.75 Å². The summed E-state index contributed by atoms with van der Waals surface area (Å²) in [6.45, 7) is -1.05. The molecule has 0 spiro atoms. The summed E-state index contributed by atoms with van der Waals surface area (Å²) in [5.41, 5.74) is 0.927. The van der Waals surface area contributed by atoms with Crippen molar-refractivity contribution in [3.05, 3.63) is 29.8 Å². The predicted molar refractivity (Wildman–Crippen MR) is 76.0 cm³/mol. The number of amides is 3. The average Bonchev–Trinajstić information content (AvgIpc) is 2.44. The van der Waals surface area contributed by atoms with Gasteiger partial charge >= 0.3 is 12.2 Å². The number of halogens is 3. The lowest BCUT2D eigenvalue weighted by Gasteiger charge is -2.14. The van der Waals surface area contributed by atoms with E-state index in [0.29, 0.717) is 12.3 Å². The maximum absolute atomic E-state index is 11.9. The van der Waals surface area contributed by atoms with Crippen molar-refractivity contribution < 1.29 is 32.4 Å². The number of ether oxygens (including phenoxy) is 1. The number of likely N-dealkylation sites (N-methyl/N-ethyl adjacent to an activating group) is 1. The maximum Gasteiger partial charge on any atom is 0.405 e. The number of quaternary nitrogens is 1. The summed E-state index contributed by atoms with van der Waals surface area (Å²) >= 11 is 0. The topological polar surface area (TPSA) is 71.9 Å². The van der Waals surface area contributed by atoms with Crippen LogP contribution in [0.15, 0.2) is 24.3 Å². The van der Waals surface area contributed by atoms with Gasteiger partial charge < -0.3 is 15.0 Å². The molecule has 0 aliphatic heterocycles. The van der Waals surface area contributed by atoms with E-state index in [0.717, 1.165) is 10.5 Å². The molecule has 3 amide bonds. The first-order valence-electron chi connectivity index (χ1n) is 6.78. The number of urea groups is 1. The molecule has 1 rings (SSSR count). The Kier molecular flexibility index (Phi) is 6.83. The first kappa shape index (κ1) is 18.8. The molecule has 0 saturated heterocycles. The van der Waals surface area contributed by atoms with Crippen molar-refractivity contribution in [2.24, 2.45) is 0 Å². The zero-order valence-corrected chi connectivity index (χ0v) is 12.8. The average molecular weight is 334 g/mol. The number of benzene rings is 1. The van der Waals surface area contributed by atoms with Crippen LogP contribution in [0.4, 0.5) is 18.0 Å². The van der Waals surface area contributed by atoms with Crippen molar-refractivity contribution in [3.8, 4) is 5.75 Å². The lowest BCUT2D eigenvalue weighted by molar-refractivity contribution is -0.885. The Morgan fingerprint density at radius 1 is 1.30 bits per heavy atom. The first-order chi connectivity index (χ1) is 10.7. The van der Waals surface area contributed by atoms with Crippen molar-refractivity contribution in [1.29, 1.82) is 0 Å². The molecule has 9 heteroatoms. The number of hydrogen-bond donors (Lipinski definition) is 3. The lowest BCUT2D eigenvalue weighted by Crippen LogP contribution is -3.09. The summed E-state index contributed by atoms with van der Waals surface area (Å²) in [5.74, 6) is 0.0244. The minimum atomic E-state index is -4.52. The molecule has 0 aromatic heterocycles. The Labute approximate surface area is 131 Å². The van der Waals surface area contributed by atoms with Crippen molar-refractivity contribution in [3.63, 3.8) is 0 Å². The number of carbonyl (C=O) groups is 2. The summed E-state index contributed by atoms with van der Waals surface area (Å²) in [6.07, 6.45) is -4.52. The second kappa shape index (κ2) is 8.37. The monoisotopic (exact) mass is 334 g/mol. The van der Waals surface area contributed by atoms with Crippen LogP contribution in [-0.4, -0.2) is 45.4 Å². The molecule has 1 aromatic carbocycles. The second-order valence-corrected chi connectivity index (χ2v) is 5.01. The SMILES string of the molecule is COc1cccc(C[NH+](C)CC(=O)NC(=O)NCC(F)(F)F)c1. The Hall–Kier alpha value is -2.29. The minimum Gasteiger partial charge on any atom is -0.497 e. The van der Waals surface area contributed by atoms with E-state index in [1.807, 2.05) is 23.5 Å². The first-order valence-corrected chi connectivity index (χ1v) is 6.78. The molecule has 0 bridgehead atoms. The van der Waals surface area contributed by atoms with Gasteiger partial charge in [0.15, 0.2) is 6.54 Å². The van der Waals surface area contributed by atoms with Gasteiger partial charge in [0.2, 0.25) is 0 Å². The molecule has 128 valence electrons. The molecule has 3 N–H and O–H groups in total. The van der Waals surface area contributed by atoms with Gasteiger partial charge in [0, 0.05) is 5.56 Å². The van der Waals surface area contributed by atoms with Gasteiger partial charge in [-0.3, -0.25) is 10.1 Å². The predicted octanol–water partition coefficient (Wildman–Crippen LogP) is 0.0980. The number of hydrogen-bond acceptors (Lipinski definition) is 3. The third-order valence-corrected chi connectivity index (χ3v) is 2.80. The molecule has 0 saturated carbocycles. The molecular weight excluding hydrogens is 315 g/mol. The van der Waals surface area contributed by atoms with Crippen molar-refractivity contribution in [2.75, 3.05) is 27.2 Å². The molecule has 0 radical (unpaired) electrons. The molecule has 6 nitrogen and oxygen atoms in total. The third kappa shape index (κ3) is 8.05.